The molecule has 0 aromatic carbocycles. The van der Waals surface area contributed by atoms with Crippen LogP contribution < -0.4 is 5.32 Å². The normalized spacial score (nSPS) is 15.9. The Kier molecular flexibility index (Phi) is 3.20. The summed E-state index contributed by atoms with van der Waals surface area (Å²) in [4.78, 5) is 12.0. The van der Waals surface area contributed by atoms with Crippen molar-refractivity contribution in [3.8, 4) is 0 Å². The number of rotatable bonds is 4. The van der Waals surface area contributed by atoms with Crippen molar-refractivity contribution in [3.63, 3.8) is 0 Å². The van der Waals surface area contributed by atoms with Gasteiger partial charge in [0.05, 0.1) is 5.39 Å². The van der Waals surface area contributed by atoms with E-state index in [4.69, 9.17) is 9.97 Å². The molecule has 3 nitrogen and oxygen atoms in total. The van der Waals surface area contributed by atoms with Gasteiger partial charge in [-0.15, -0.1) is 11.3 Å². The van der Waals surface area contributed by atoms with E-state index in [9.17, 15) is 0 Å². The SMILES string of the molecule is CCCNc1nc(C2CCC2)nc2sc(C)cc12. The van der Waals surface area contributed by atoms with E-state index < -0.39 is 0 Å². The summed E-state index contributed by atoms with van der Waals surface area (Å²) in [5.74, 6) is 2.68. The van der Waals surface area contributed by atoms with Crippen LogP contribution in [0.2, 0.25) is 0 Å². The van der Waals surface area contributed by atoms with Crippen molar-refractivity contribution in [2.75, 3.05) is 11.9 Å². The van der Waals surface area contributed by atoms with Crippen LogP contribution >= 0.6 is 11.3 Å². The summed E-state index contributed by atoms with van der Waals surface area (Å²) < 4.78 is 0. The summed E-state index contributed by atoms with van der Waals surface area (Å²) in [7, 11) is 0. The smallest absolute Gasteiger partial charge is 0.138 e. The molecule has 0 saturated heterocycles. The molecule has 1 aliphatic carbocycles. The zero-order valence-corrected chi connectivity index (χ0v) is 11.8. The molecule has 0 radical (unpaired) electrons. The van der Waals surface area contributed by atoms with Gasteiger partial charge in [-0.2, -0.15) is 0 Å². The van der Waals surface area contributed by atoms with Crippen molar-refractivity contribution < 1.29 is 0 Å². The van der Waals surface area contributed by atoms with Crippen LogP contribution in [-0.4, -0.2) is 16.5 Å². The molecule has 2 aromatic heterocycles. The first-order valence-electron chi connectivity index (χ1n) is 6.80. The van der Waals surface area contributed by atoms with Crippen molar-refractivity contribution in [2.24, 2.45) is 0 Å². The van der Waals surface area contributed by atoms with Gasteiger partial charge < -0.3 is 5.32 Å². The molecule has 0 amide bonds. The van der Waals surface area contributed by atoms with E-state index in [-0.39, 0.29) is 0 Å². The molecule has 1 aliphatic rings. The van der Waals surface area contributed by atoms with Crippen molar-refractivity contribution >= 4 is 27.4 Å². The maximum absolute atomic E-state index is 4.76. The minimum atomic E-state index is 0.596. The Hall–Kier alpha value is -1.16. The highest BCUT2D eigenvalue weighted by molar-refractivity contribution is 7.18. The molecule has 1 N–H and O–H groups in total. The number of hydrogen-bond donors (Lipinski definition) is 1. The van der Waals surface area contributed by atoms with Crippen LogP contribution in [0, 0.1) is 6.92 Å². The zero-order valence-electron chi connectivity index (χ0n) is 11.0. The fourth-order valence-corrected chi connectivity index (χ4v) is 3.17. The van der Waals surface area contributed by atoms with Gasteiger partial charge in [0.15, 0.2) is 0 Å². The molecule has 2 heterocycles. The number of thiophene rings is 1. The minimum Gasteiger partial charge on any atom is -0.369 e. The second-order valence-electron chi connectivity index (χ2n) is 5.06. The lowest BCUT2D eigenvalue weighted by Crippen LogP contribution is -2.14. The summed E-state index contributed by atoms with van der Waals surface area (Å²) >= 11 is 1.77. The molecule has 1 fully saturated rings. The standard InChI is InChI=1S/C14H19N3S/c1-3-7-15-13-11-8-9(2)18-14(11)17-12(16-13)10-5-4-6-10/h8,10H,3-7H2,1-2H3,(H,15,16,17). The van der Waals surface area contributed by atoms with Crippen LogP contribution in [-0.2, 0) is 0 Å². The molecule has 96 valence electrons. The third-order valence-corrected chi connectivity index (χ3v) is 4.49. The van der Waals surface area contributed by atoms with Crippen LogP contribution in [0.1, 0.15) is 49.2 Å². The van der Waals surface area contributed by atoms with Crippen molar-refractivity contribution in [1.29, 1.82) is 0 Å². The van der Waals surface area contributed by atoms with Crippen molar-refractivity contribution in [2.45, 2.75) is 45.4 Å². The molecule has 2 aromatic rings. The third-order valence-electron chi connectivity index (χ3n) is 3.55. The molecule has 0 atom stereocenters. The van der Waals surface area contributed by atoms with Gasteiger partial charge in [-0.05, 0) is 32.3 Å². The second kappa shape index (κ2) is 4.84. The first-order chi connectivity index (χ1) is 8.78. The van der Waals surface area contributed by atoms with Gasteiger partial charge in [0.1, 0.15) is 16.5 Å². The third kappa shape index (κ3) is 2.09. The molecule has 3 rings (SSSR count). The van der Waals surface area contributed by atoms with Crippen molar-refractivity contribution in [1.82, 2.24) is 9.97 Å². The Morgan fingerprint density at radius 2 is 2.22 bits per heavy atom. The zero-order chi connectivity index (χ0) is 12.5. The predicted molar refractivity (Wildman–Crippen MR) is 77.5 cm³/mol. The highest BCUT2D eigenvalue weighted by Crippen LogP contribution is 2.37. The summed E-state index contributed by atoms with van der Waals surface area (Å²) in [6.07, 6.45) is 4.95. The highest BCUT2D eigenvalue weighted by atomic mass is 32.1. The van der Waals surface area contributed by atoms with E-state index in [1.807, 2.05) is 0 Å². The van der Waals surface area contributed by atoms with E-state index in [1.165, 1.54) is 29.5 Å². The van der Waals surface area contributed by atoms with E-state index in [0.29, 0.717) is 5.92 Å². The lowest BCUT2D eigenvalue weighted by Gasteiger charge is -2.24. The summed E-state index contributed by atoms with van der Waals surface area (Å²) in [5.41, 5.74) is 0. The van der Waals surface area contributed by atoms with Crippen LogP contribution in [0.15, 0.2) is 6.07 Å². The van der Waals surface area contributed by atoms with Crippen molar-refractivity contribution in [3.05, 3.63) is 16.8 Å². The number of fused-ring (bicyclic) bond motifs is 1. The lowest BCUT2D eigenvalue weighted by molar-refractivity contribution is 0.403. The van der Waals surface area contributed by atoms with Crippen LogP contribution in [0.4, 0.5) is 5.82 Å². The van der Waals surface area contributed by atoms with Crippen LogP contribution in [0.3, 0.4) is 0 Å². The van der Waals surface area contributed by atoms with Gasteiger partial charge in [0, 0.05) is 17.3 Å². The maximum atomic E-state index is 4.76. The molecule has 4 heteroatoms. The monoisotopic (exact) mass is 261 g/mol. The number of anilines is 1. The average Bonchev–Trinajstić information content (AvgIpc) is 2.64. The van der Waals surface area contributed by atoms with Crippen LogP contribution in [0.25, 0.3) is 10.2 Å². The fourth-order valence-electron chi connectivity index (χ4n) is 2.29. The predicted octanol–water partition coefficient (Wildman–Crippen LogP) is 4.09. The Morgan fingerprint density at radius 3 is 2.89 bits per heavy atom. The number of hydrogen-bond acceptors (Lipinski definition) is 4. The largest absolute Gasteiger partial charge is 0.369 e. The second-order valence-corrected chi connectivity index (χ2v) is 6.30. The fraction of sp³-hybridized carbons (Fsp3) is 0.571. The van der Waals surface area contributed by atoms with Gasteiger partial charge in [-0.3, -0.25) is 0 Å². The van der Waals surface area contributed by atoms with Gasteiger partial charge in [0.2, 0.25) is 0 Å². The molecule has 0 spiro atoms. The van der Waals surface area contributed by atoms with Gasteiger partial charge in [0.25, 0.3) is 0 Å². The van der Waals surface area contributed by atoms with E-state index in [1.54, 1.807) is 11.3 Å². The first-order valence-corrected chi connectivity index (χ1v) is 7.61. The summed E-state index contributed by atoms with van der Waals surface area (Å²) in [6, 6.07) is 2.20. The number of aromatic nitrogens is 2. The van der Waals surface area contributed by atoms with Gasteiger partial charge in [-0.1, -0.05) is 13.3 Å². The Bertz CT molecular complexity index is 557. The molecule has 0 aliphatic heterocycles. The average molecular weight is 261 g/mol. The molecule has 0 bridgehead atoms. The quantitative estimate of drug-likeness (QED) is 0.900. The molecule has 0 unspecified atom stereocenters. The topological polar surface area (TPSA) is 37.8 Å². The Morgan fingerprint density at radius 1 is 1.39 bits per heavy atom. The molecular formula is C14H19N3S. The summed E-state index contributed by atoms with van der Waals surface area (Å²) in [5, 5.41) is 4.64. The highest BCUT2D eigenvalue weighted by Gasteiger charge is 2.24. The van der Waals surface area contributed by atoms with E-state index in [0.717, 1.165) is 29.4 Å². The summed E-state index contributed by atoms with van der Waals surface area (Å²) in [6.45, 7) is 5.29. The Balaban J connectivity index is 2.04. The lowest BCUT2D eigenvalue weighted by atomic mass is 9.85. The Labute approximate surface area is 112 Å². The molecule has 1 saturated carbocycles. The molecule has 18 heavy (non-hydrogen) atoms. The van der Waals surface area contributed by atoms with Crippen LogP contribution in [0.5, 0.6) is 0 Å². The maximum Gasteiger partial charge on any atom is 0.138 e. The number of nitrogens with zero attached hydrogens (tertiary/aromatic N) is 2. The van der Waals surface area contributed by atoms with E-state index >= 15 is 0 Å². The van der Waals surface area contributed by atoms with Gasteiger partial charge in [-0.25, -0.2) is 9.97 Å². The molecular weight excluding hydrogens is 242 g/mol. The first kappa shape index (κ1) is 11.9. The number of nitrogens with one attached hydrogen (secondary N) is 1. The van der Waals surface area contributed by atoms with E-state index in [2.05, 4.69) is 25.2 Å². The van der Waals surface area contributed by atoms with Gasteiger partial charge >= 0.3 is 0 Å². The number of aryl methyl sites for hydroxylation is 1. The minimum absolute atomic E-state index is 0.596.